The monoisotopic (exact) mass is 225 g/mol. The number of nitrogens with zero attached hydrogens (tertiary/aromatic N) is 2. The number of hydrogen-bond donors (Lipinski definition) is 1. The van der Waals surface area contributed by atoms with E-state index in [4.69, 9.17) is 11.6 Å². The van der Waals surface area contributed by atoms with E-state index in [1.165, 1.54) is 19.3 Å². The van der Waals surface area contributed by atoms with Crippen molar-refractivity contribution < 1.29 is 0 Å². The molecule has 1 atom stereocenters. The Balaban J connectivity index is 2.16. The minimum absolute atomic E-state index is 0.432. The number of piperidine rings is 1. The SMILES string of the molecule is CNC1CCCCN1c1ccc(Cl)nc1. The van der Waals surface area contributed by atoms with Crippen molar-refractivity contribution in [1.29, 1.82) is 0 Å². The van der Waals surface area contributed by atoms with Crippen LogP contribution in [0.1, 0.15) is 19.3 Å². The summed E-state index contributed by atoms with van der Waals surface area (Å²) in [5, 5.41) is 3.88. The minimum atomic E-state index is 0.432. The van der Waals surface area contributed by atoms with Crippen molar-refractivity contribution in [2.75, 3.05) is 18.5 Å². The molecule has 1 unspecified atom stereocenters. The van der Waals surface area contributed by atoms with E-state index >= 15 is 0 Å². The maximum Gasteiger partial charge on any atom is 0.129 e. The first kappa shape index (κ1) is 10.7. The molecule has 2 rings (SSSR count). The summed E-state index contributed by atoms with van der Waals surface area (Å²) in [6.45, 7) is 1.09. The summed E-state index contributed by atoms with van der Waals surface area (Å²) in [7, 11) is 2.01. The first-order valence-corrected chi connectivity index (χ1v) is 5.74. The fourth-order valence-corrected chi connectivity index (χ4v) is 2.19. The Labute approximate surface area is 95.4 Å². The Morgan fingerprint density at radius 3 is 3.00 bits per heavy atom. The van der Waals surface area contributed by atoms with Gasteiger partial charge in [-0.1, -0.05) is 11.6 Å². The van der Waals surface area contributed by atoms with Gasteiger partial charge >= 0.3 is 0 Å². The van der Waals surface area contributed by atoms with E-state index in [0.717, 1.165) is 12.2 Å². The molecule has 1 N–H and O–H groups in total. The Bertz CT molecular complexity index is 312. The molecule has 0 saturated carbocycles. The molecule has 1 saturated heterocycles. The predicted molar refractivity (Wildman–Crippen MR) is 63.3 cm³/mol. The summed E-state index contributed by atoms with van der Waals surface area (Å²) in [5.74, 6) is 0. The molecule has 0 aromatic carbocycles. The van der Waals surface area contributed by atoms with Crippen LogP contribution < -0.4 is 10.2 Å². The molecular formula is C11H16ClN3. The van der Waals surface area contributed by atoms with Crippen LogP contribution >= 0.6 is 11.6 Å². The lowest BCUT2D eigenvalue weighted by atomic mass is 10.1. The average Bonchev–Trinajstić information content (AvgIpc) is 2.30. The maximum absolute atomic E-state index is 5.78. The van der Waals surface area contributed by atoms with Gasteiger partial charge in [-0.15, -0.1) is 0 Å². The van der Waals surface area contributed by atoms with Gasteiger partial charge in [0.25, 0.3) is 0 Å². The van der Waals surface area contributed by atoms with E-state index in [1.807, 2.05) is 25.4 Å². The van der Waals surface area contributed by atoms with Crippen molar-refractivity contribution in [2.24, 2.45) is 0 Å². The summed E-state index contributed by atoms with van der Waals surface area (Å²) in [5.41, 5.74) is 1.15. The van der Waals surface area contributed by atoms with Crippen molar-refractivity contribution in [2.45, 2.75) is 25.4 Å². The molecule has 3 nitrogen and oxygen atoms in total. The van der Waals surface area contributed by atoms with Crippen LogP contribution in [0, 0.1) is 0 Å². The molecule has 4 heteroatoms. The fraction of sp³-hybridized carbons (Fsp3) is 0.545. The van der Waals surface area contributed by atoms with Gasteiger partial charge in [-0.2, -0.15) is 0 Å². The van der Waals surface area contributed by atoms with Crippen molar-refractivity contribution >= 4 is 17.3 Å². The molecular weight excluding hydrogens is 210 g/mol. The molecule has 2 heterocycles. The Hall–Kier alpha value is -0.800. The lowest BCUT2D eigenvalue weighted by Crippen LogP contribution is -2.47. The minimum Gasteiger partial charge on any atom is -0.355 e. The summed E-state index contributed by atoms with van der Waals surface area (Å²) in [4.78, 5) is 6.47. The van der Waals surface area contributed by atoms with Gasteiger partial charge in [0.2, 0.25) is 0 Å². The molecule has 1 aliphatic heterocycles. The topological polar surface area (TPSA) is 28.2 Å². The van der Waals surface area contributed by atoms with Crippen LogP contribution in [0.2, 0.25) is 5.15 Å². The second-order valence-corrected chi connectivity index (χ2v) is 4.22. The van der Waals surface area contributed by atoms with Gasteiger partial charge in [0.1, 0.15) is 5.15 Å². The van der Waals surface area contributed by atoms with E-state index in [2.05, 4.69) is 15.2 Å². The van der Waals surface area contributed by atoms with E-state index < -0.39 is 0 Å². The largest absolute Gasteiger partial charge is 0.355 e. The predicted octanol–water partition coefficient (Wildman–Crippen LogP) is 2.27. The number of hydrogen-bond acceptors (Lipinski definition) is 3. The Morgan fingerprint density at radius 1 is 1.47 bits per heavy atom. The van der Waals surface area contributed by atoms with Gasteiger partial charge in [0.05, 0.1) is 18.1 Å². The highest BCUT2D eigenvalue weighted by Gasteiger charge is 2.20. The Kier molecular flexibility index (Phi) is 3.44. The molecule has 1 aliphatic rings. The zero-order chi connectivity index (χ0) is 10.7. The number of aromatic nitrogens is 1. The molecule has 1 fully saturated rings. The smallest absolute Gasteiger partial charge is 0.129 e. The van der Waals surface area contributed by atoms with Crippen molar-refractivity contribution in [3.05, 3.63) is 23.5 Å². The van der Waals surface area contributed by atoms with Crippen LogP contribution in [-0.4, -0.2) is 24.7 Å². The fourth-order valence-electron chi connectivity index (χ4n) is 2.08. The van der Waals surface area contributed by atoms with Crippen LogP contribution in [0.5, 0.6) is 0 Å². The van der Waals surface area contributed by atoms with E-state index in [1.54, 1.807) is 0 Å². The molecule has 15 heavy (non-hydrogen) atoms. The zero-order valence-electron chi connectivity index (χ0n) is 8.91. The van der Waals surface area contributed by atoms with Gasteiger partial charge in [-0.05, 0) is 38.4 Å². The highest BCUT2D eigenvalue weighted by molar-refractivity contribution is 6.29. The summed E-state index contributed by atoms with van der Waals surface area (Å²) in [6.07, 6.45) is 6.02. The third kappa shape index (κ3) is 2.41. The van der Waals surface area contributed by atoms with Crippen molar-refractivity contribution in [3.8, 4) is 0 Å². The van der Waals surface area contributed by atoms with Crippen LogP contribution in [0.15, 0.2) is 18.3 Å². The summed E-state index contributed by atoms with van der Waals surface area (Å²) >= 11 is 5.78. The molecule has 0 amide bonds. The van der Waals surface area contributed by atoms with E-state index in [-0.39, 0.29) is 0 Å². The molecule has 1 aromatic rings. The van der Waals surface area contributed by atoms with Gasteiger partial charge in [-0.3, -0.25) is 0 Å². The molecule has 82 valence electrons. The summed E-state index contributed by atoms with van der Waals surface area (Å²) in [6, 6.07) is 3.88. The van der Waals surface area contributed by atoms with Crippen LogP contribution in [0.3, 0.4) is 0 Å². The van der Waals surface area contributed by atoms with Crippen LogP contribution in [-0.2, 0) is 0 Å². The second-order valence-electron chi connectivity index (χ2n) is 3.83. The highest BCUT2D eigenvalue weighted by atomic mass is 35.5. The van der Waals surface area contributed by atoms with Gasteiger partial charge in [0, 0.05) is 6.54 Å². The average molecular weight is 226 g/mol. The highest BCUT2D eigenvalue weighted by Crippen LogP contribution is 2.23. The first-order valence-electron chi connectivity index (χ1n) is 5.37. The lowest BCUT2D eigenvalue weighted by molar-refractivity contribution is 0.418. The van der Waals surface area contributed by atoms with Crippen molar-refractivity contribution in [1.82, 2.24) is 10.3 Å². The number of pyridine rings is 1. The third-order valence-electron chi connectivity index (χ3n) is 2.88. The first-order chi connectivity index (χ1) is 7.31. The molecule has 0 radical (unpaired) electrons. The number of rotatable bonds is 2. The molecule has 1 aromatic heterocycles. The quantitative estimate of drug-likeness (QED) is 0.783. The second kappa shape index (κ2) is 4.81. The van der Waals surface area contributed by atoms with E-state index in [0.29, 0.717) is 11.3 Å². The van der Waals surface area contributed by atoms with Gasteiger partial charge < -0.3 is 10.2 Å². The normalized spacial score (nSPS) is 21.7. The molecule has 0 bridgehead atoms. The van der Waals surface area contributed by atoms with Crippen molar-refractivity contribution in [3.63, 3.8) is 0 Å². The van der Waals surface area contributed by atoms with Gasteiger partial charge in [-0.25, -0.2) is 4.98 Å². The summed E-state index contributed by atoms with van der Waals surface area (Å²) < 4.78 is 0. The van der Waals surface area contributed by atoms with Crippen LogP contribution in [0.4, 0.5) is 5.69 Å². The number of anilines is 1. The van der Waals surface area contributed by atoms with Crippen LogP contribution in [0.25, 0.3) is 0 Å². The van der Waals surface area contributed by atoms with Gasteiger partial charge in [0.15, 0.2) is 0 Å². The maximum atomic E-state index is 5.78. The number of nitrogens with one attached hydrogen (secondary N) is 1. The lowest BCUT2D eigenvalue weighted by Gasteiger charge is -2.37. The molecule has 0 aliphatic carbocycles. The van der Waals surface area contributed by atoms with E-state index in [9.17, 15) is 0 Å². The zero-order valence-corrected chi connectivity index (χ0v) is 9.67. The Morgan fingerprint density at radius 2 is 2.33 bits per heavy atom. The standard InChI is InChI=1S/C11H16ClN3/c1-13-11-4-2-3-7-15(11)9-5-6-10(12)14-8-9/h5-6,8,11,13H,2-4,7H2,1H3. The number of halogens is 1. The third-order valence-corrected chi connectivity index (χ3v) is 3.10. The molecule has 0 spiro atoms.